The Hall–Kier alpha value is -1.85. The molecule has 6 heteroatoms. The summed E-state index contributed by atoms with van der Waals surface area (Å²) in [5.74, 6) is 0.786. The summed E-state index contributed by atoms with van der Waals surface area (Å²) < 4.78 is 0. The molecule has 1 aliphatic heterocycles. The maximum absolute atomic E-state index is 8.57. The van der Waals surface area contributed by atoms with Gasteiger partial charge in [-0.05, 0) is 6.42 Å². The molecule has 0 amide bonds. The van der Waals surface area contributed by atoms with Gasteiger partial charge in [-0.3, -0.25) is 0 Å². The minimum atomic E-state index is 0.0486. The largest absolute Gasteiger partial charge is 0.409 e. The third-order valence-electron chi connectivity index (χ3n) is 2.23. The van der Waals surface area contributed by atoms with Crippen LogP contribution in [0.2, 0.25) is 0 Å². The van der Waals surface area contributed by atoms with Crippen molar-refractivity contribution in [3.8, 4) is 0 Å². The van der Waals surface area contributed by atoms with Crippen LogP contribution in [0.15, 0.2) is 17.7 Å². The quantitative estimate of drug-likeness (QED) is 0.293. The first-order valence-electron chi connectivity index (χ1n) is 4.36. The topological polar surface area (TPSA) is 87.6 Å². The highest BCUT2D eigenvalue weighted by molar-refractivity contribution is 6.01. The summed E-state index contributed by atoms with van der Waals surface area (Å²) in [4.78, 5) is 10.0. The molecule has 0 aliphatic carbocycles. The molecule has 74 valence electrons. The summed E-state index contributed by atoms with van der Waals surface area (Å²) in [6.07, 6.45) is 4.16. The van der Waals surface area contributed by atoms with E-state index in [2.05, 4.69) is 20.0 Å². The molecular formula is C8H11N5O. The normalized spacial score (nSPS) is 16.6. The van der Waals surface area contributed by atoms with Gasteiger partial charge in [0.05, 0.1) is 5.56 Å². The Bertz CT molecular complexity index is 361. The molecule has 14 heavy (non-hydrogen) atoms. The maximum atomic E-state index is 8.57. The van der Waals surface area contributed by atoms with E-state index in [1.165, 1.54) is 6.33 Å². The average molecular weight is 193 g/mol. The average Bonchev–Trinajstić information content (AvgIpc) is 2.15. The Kier molecular flexibility index (Phi) is 2.18. The molecule has 1 aromatic rings. The van der Waals surface area contributed by atoms with E-state index in [0.717, 1.165) is 25.3 Å². The summed E-state index contributed by atoms with van der Waals surface area (Å²) in [6, 6.07) is 0. The van der Waals surface area contributed by atoms with Crippen LogP contribution in [0.5, 0.6) is 0 Å². The molecule has 0 spiro atoms. The second-order valence-electron chi connectivity index (χ2n) is 3.09. The van der Waals surface area contributed by atoms with Gasteiger partial charge >= 0.3 is 0 Å². The van der Waals surface area contributed by atoms with Gasteiger partial charge in [0.2, 0.25) is 0 Å². The Labute approximate surface area is 81.1 Å². The van der Waals surface area contributed by atoms with E-state index < -0.39 is 0 Å². The minimum absolute atomic E-state index is 0.0486. The van der Waals surface area contributed by atoms with Gasteiger partial charge in [0, 0.05) is 19.3 Å². The van der Waals surface area contributed by atoms with Crippen LogP contribution in [-0.4, -0.2) is 34.1 Å². The second-order valence-corrected chi connectivity index (χ2v) is 3.09. The first-order valence-corrected chi connectivity index (χ1v) is 4.36. The van der Waals surface area contributed by atoms with Crippen LogP contribution in [0.4, 0.5) is 5.82 Å². The molecule has 1 fully saturated rings. The van der Waals surface area contributed by atoms with Crippen molar-refractivity contribution < 1.29 is 5.21 Å². The zero-order chi connectivity index (χ0) is 9.97. The highest BCUT2D eigenvalue weighted by Crippen LogP contribution is 2.20. The van der Waals surface area contributed by atoms with Crippen LogP contribution in [0, 0.1) is 0 Å². The van der Waals surface area contributed by atoms with Gasteiger partial charge in [-0.15, -0.1) is 0 Å². The Morgan fingerprint density at radius 3 is 2.93 bits per heavy atom. The summed E-state index contributed by atoms with van der Waals surface area (Å²) in [5.41, 5.74) is 6.08. The molecule has 0 saturated carbocycles. The monoisotopic (exact) mass is 193 g/mol. The second kappa shape index (κ2) is 3.49. The Balaban J connectivity index is 2.37. The van der Waals surface area contributed by atoms with E-state index in [4.69, 9.17) is 10.9 Å². The highest BCUT2D eigenvalue weighted by atomic mass is 16.4. The summed E-state index contributed by atoms with van der Waals surface area (Å²) in [7, 11) is 0. The van der Waals surface area contributed by atoms with Gasteiger partial charge in [0.1, 0.15) is 12.1 Å². The van der Waals surface area contributed by atoms with Crippen molar-refractivity contribution in [2.45, 2.75) is 6.42 Å². The van der Waals surface area contributed by atoms with Crippen molar-refractivity contribution >= 4 is 11.7 Å². The molecule has 3 N–H and O–H groups in total. The van der Waals surface area contributed by atoms with E-state index >= 15 is 0 Å². The molecule has 0 radical (unpaired) electrons. The van der Waals surface area contributed by atoms with Gasteiger partial charge in [0.25, 0.3) is 0 Å². The van der Waals surface area contributed by atoms with Crippen molar-refractivity contribution in [2.24, 2.45) is 10.9 Å². The molecule has 2 rings (SSSR count). The van der Waals surface area contributed by atoms with Crippen LogP contribution in [0.3, 0.4) is 0 Å². The molecule has 0 aromatic carbocycles. The lowest BCUT2D eigenvalue weighted by molar-refractivity contribution is 0.318. The number of nitrogens with two attached hydrogens (primary N) is 1. The van der Waals surface area contributed by atoms with Crippen molar-refractivity contribution in [3.63, 3.8) is 0 Å². The first-order chi connectivity index (χ1) is 6.83. The number of aromatic nitrogens is 2. The van der Waals surface area contributed by atoms with Crippen LogP contribution in [0.25, 0.3) is 0 Å². The highest BCUT2D eigenvalue weighted by Gasteiger charge is 2.20. The number of hydrogen-bond donors (Lipinski definition) is 2. The van der Waals surface area contributed by atoms with E-state index in [1.54, 1.807) is 6.20 Å². The zero-order valence-electron chi connectivity index (χ0n) is 7.59. The maximum Gasteiger partial charge on any atom is 0.175 e. The van der Waals surface area contributed by atoms with E-state index in [-0.39, 0.29) is 5.84 Å². The Morgan fingerprint density at radius 1 is 1.57 bits per heavy atom. The molecule has 0 atom stereocenters. The van der Waals surface area contributed by atoms with Crippen LogP contribution < -0.4 is 10.6 Å². The molecule has 0 bridgehead atoms. The van der Waals surface area contributed by atoms with Gasteiger partial charge in [-0.1, -0.05) is 5.16 Å². The first kappa shape index (κ1) is 8.74. The lowest BCUT2D eigenvalue weighted by Crippen LogP contribution is -2.39. The predicted molar refractivity (Wildman–Crippen MR) is 51.4 cm³/mol. The number of oxime groups is 1. The standard InChI is InChI=1S/C8H11N5O/c9-7(12-14)6-4-10-5-11-8(6)13-2-1-3-13/h4-5,14H,1-3H2,(H2,9,12). The van der Waals surface area contributed by atoms with Crippen molar-refractivity contribution in [2.75, 3.05) is 18.0 Å². The van der Waals surface area contributed by atoms with Crippen molar-refractivity contribution in [1.82, 2.24) is 9.97 Å². The summed E-state index contributed by atoms with van der Waals surface area (Å²) in [5, 5.41) is 11.5. The predicted octanol–water partition coefficient (Wildman–Crippen LogP) is -0.219. The molecule has 1 saturated heterocycles. The fourth-order valence-electron chi connectivity index (χ4n) is 1.34. The Morgan fingerprint density at radius 2 is 2.36 bits per heavy atom. The number of rotatable bonds is 2. The number of nitrogens with zero attached hydrogens (tertiary/aromatic N) is 4. The third-order valence-corrected chi connectivity index (χ3v) is 2.23. The smallest absolute Gasteiger partial charge is 0.175 e. The third kappa shape index (κ3) is 1.34. The lowest BCUT2D eigenvalue weighted by atomic mass is 10.2. The van der Waals surface area contributed by atoms with Crippen LogP contribution >= 0.6 is 0 Å². The van der Waals surface area contributed by atoms with Crippen LogP contribution in [0.1, 0.15) is 12.0 Å². The summed E-state index contributed by atoms with van der Waals surface area (Å²) >= 11 is 0. The zero-order valence-corrected chi connectivity index (χ0v) is 7.59. The van der Waals surface area contributed by atoms with Crippen molar-refractivity contribution in [3.05, 3.63) is 18.1 Å². The minimum Gasteiger partial charge on any atom is -0.409 e. The van der Waals surface area contributed by atoms with E-state index in [9.17, 15) is 0 Å². The van der Waals surface area contributed by atoms with E-state index in [1.807, 2.05) is 0 Å². The van der Waals surface area contributed by atoms with Gasteiger partial charge in [0.15, 0.2) is 5.84 Å². The number of amidine groups is 1. The SMILES string of the molecule is N/C(=N\O)c1cncnc1N1CCC1. The fourth-order valence-corrected chi connectivity index (χ4v) is 1.34. The summed E-state index contributed by atoms with van der Waals surface area (Å²) in [6.45, 7) is 1.92. The number of anilines is 1. The van der Waals surface area contributed by atoms with Crippen LogP contribution in [-0.2, 0) is 0 Å². The van der Waals surface area contributed by atoms with Gasteiger partial charge < -0.3 is 15.8 Å². The molecule has 1 aromatic heterocycles. The lowest BCUT2D eigenvalue weighted by Gasteiger charge is -2.32. The molecule has 0 unspecified atom stereocenters. The van der Waals surface area contributed by atoms with E-state index in [0.29, 0.717) is 5.56 Å². The molecule has 1 aliphatic rings. The molecular weight excluding hydrogens is 182 g/mol. The van der Waals surface area contributed by atoms with Gasteiger partial charge in [-0.25, -0.2) is 9.97 Å². The molecule has 6 nitrogen and oxygen atoms in total. The molecule has 2 heterocycles. The number of hydrogen-bond acceptors (Lipinski definition) is 5. The van der Waals surface area contributed by atoms with Crippen molar-refractivity contribution in [1.29, 1.82) is 0 Å². The fraction of sp³-hybridized carbons (Fsp3) is 0.375. The van der Waals surface area contributed by atoms with Gasteiger partial charge in [-0.2, -0.15) is 0 Å².